The molecule has 2 rings (SSSR count). The van der Waals surface area contributed by atoms with E-state index in [1.807, 2.05) is 30.5 Å². The Morgan fingerprint density at radius 2 is 2.18 bits per heavy atom. The van der Waals surface area contributed by atoms with Crippen molar-refractivity contribution >= 4 is 17.6 Å². The molecule has 0 atom stereocenters. The standard InChI is InChI=1S/C8H9N3/c9-11-6-5-10-7-3-1-2-4-8(7)11/h1-5H,6,9H2. The first-order valence-corrected chi connectivity index (χ1v) is 3.52. The van der Waals surface area contributed by atoms with Gasteiger partial charge in [0.2, 0.25) is 0 Å². The zero-order valence-corrected chi connectivity index (χ0v) is 6.07. The Kier molecular flexibility index (Phi) is 1.36. The number of hydrazine groups is 1. The molecule has 0 amide bonds. The first kappa shape index (κ1) is 6.37. The summed E-state index contributed by atoms with van der Waals surface area (Å²) in [4.78, 5) is 4.20. The molecule has 0 saturated carbocycles. The lowest BCUT2D eigenvalue weighted by molar-refractivity contribution is 0.958. The van der Waals surface area contributed by atoms with Crippen LogP contribution in [-0.4, -0.2) is 12.8 Å². The lowest BCUT2D eigenvalue weighted by atomic mass is 10.2. The van der Waals surface area contributed by atoms with Crippen LogP contribution in [0.5, 0.6) is 0 Å². The maximum Gasteiger partial charge on any atom is 0.0873 e. The third-order valence-electron chi connectivity index (χ3n) is 1.70. The molecule has 0 aromatic heterocycles. The van der Waals surface area contributed by atoms with E-state index >= 15 is 0 Å². The van der Waals surface area contributed by atoms with Crippen LogP contribution >= 0.6 is 0 Å². The molecule has 11 heavy (non-hydrogen) atoms. The fourth-order valence-corrected chi connectivity index (χ4v) is 1.14. The molecule has 0 saturated heterocycles. The highest BCUT2D eigenvalue weighted by molar-refractivity contribution is 5.80. The van der Waals surface area contributed by atoms with E-state index in [0.717, 1.165) is 11.4 Å². The van der Waals surface area contributed by atoms with Crippen LogP contribution in [0.25, 0.3) is 0 Å². The molecule has 0 spiro atoms. The van der Waals surface area contributed by atoms with Gasteiger partial charge >= 0.3 is 0 Å². The predicted molar refractivity (Wildman–Crippen MR) is 46.1 cm³/mol. The van der Waals surface area contributed by atoms with Gasteiger partial charge in [0.15, 0.2) is 0 Å². The summed E-state index contributed by atoms with van der Waals surface area (Å²) in [6, 6.07) is 7.82. The number of nitrogens with zero attached hydrogens (tertiary/aromatic N) is 2. The number of para-hydroxylation sites is 2. The maximum absolute atomic E-state index is 5.69. The van der Waals surface area contributed by atoms with E-state index < -0.39 is 0 Å². The predicted octanol–water partition coefficient (Wildman–Crippen LogP) is 1.08. The Morgan fingerprint density at radius 3 is 3.00 bits per heavy atom. The quantitative estimate of drug-likeness (QED) is 0.558. The number of anilines is 1. The van der Waals surface area contributed by atoms with Crippen LogP contribution < -0.4 is 10.9 Å². The molecular formula is C8H9N3. The van der Waals surface area contributed by atoms with E-state index in [0.29, 0.717) is 6.54 Å². The Bertz CT molecular complexity index is 293. The van der Waals surface area contributed by atoms with E-state index in [1.165, 1.54) is 0 Å². The topological polar surface area (TPSA) is 41.6 Å². The van der Waals surface area contributed by atoms with Gasteiger partial charge in [-0.3, -0.25) is 4.99 Å². The second kappa shape index (κ2) is 2.36. The average molecular weight is 147 g/mol. The van der Waals surface area contributed by atoms with Gasteiger partial charge in [0.25, 0.3) is 0 Å². The highest BCUT2D eigenvalue weighted by Gasteiger charge is 2.08. The molecule has 1 aliphatic heterocycles. The van der Waals surface area contributed by atoms with Crippen molar-refractivity contribution in [3.8, 4) is 0 Å². The molecule has 0 radical (unpaired) electrons. The zero-order valence-electron chi connectivity index (χ0n) is 6.07. The Labute approximate surface area is 65.1 Å². The van der Waals surface area contributed by atoms with Crippen LogP contribution in [0.3, 0.4) is 0 Å². The van der Waals surface area contributed by atoms with Crippen LogP contribution in [0.1, 0.15) is 0 Å². The van der Waals surface area contributed by atoms with Gasteiger partial charge in [-0.15, -0.1) is 0 Å². The molecule has 1 aromatic carbocycles. The van der Waals surface area contributed by atoms with Crippen LogP contribution in [0.4, 0.5) is 11.4 Å². The molecule has 0 aliphatic carbocycles. The first-order valence-electron chi connectivity index (χ1n) is 3.52. The first-order chi connectivity index (χ1) is 5.38. The number of hydrogen-bond donors (Lipinski definition) is 1. The second-order valence-electron chi connectivity index (χ2n) is 2.45. The van der Waals surface area contributed by atoms with Gasteiger partial charge in [-0.25, -0.2) is 5.84 Å². The summed E-state index contributed by atoms with van der Waals surface area (Å²) in [5.74, 6) is 5.69. The molecule has 0 bridgehead atoms. The molecule has 1 aromatic rings. The van der Waals surface area contributed by atoms with Crippen molar-refractivity contribution in [3.63, 3.8) is 0 Å². The fraction of sp³-hybridized carbons (Fsp3) is 0.125. The van der Waals surface area contributed by atoms with Gasteiger partial charge in [-0.2, -0.15) is 0 Å². The van der Waals surface area contributed by atoms with Crippen LogP contribution in [0.15, 0.2) is 29.3 Å². The SMILES string of the molecule is NN1CC=Nc2ccccc21. The van der Waals surface area contributed by atoms with Crippen molar-refractivity contribution in [1.82, 2.24) is 0 Å². The van der Waals surface area contributed by atoms with Crippen molar-refractivity contribution < 1.29 is 0 Å². The Morgan fingerprint density at radius 1 is 1.36 bits per heavy atom. The van der Waals surface area contributed by atoms with Gasteiger partial charge in [0, 0.05) is 6.21 Å². The fourth-order valence-electron chi connectivity index (χ4n) is 1.14. The number of benzene rings is 1. The van der Waals surface area contributed by atoms with Gasteiger partial charge in [-0.05, 0) is 12.1 Å². The van der Waals surface area contributed by atoms with Crippen molar-refractivity contribution in [2.45, 2.75) is 0 Å². The summed E-state index contributed by atoms with van der Waals surface area (Å²) in [5, 5.41) is 1.68. The third kappa shape index (κ3) is 0.991. The Balaban J connectivity index is 2.54. The van der Waals surface area contributed by atoms with Crippen LogP contribution in [0, 0.1) is 0 Å². The number of hydrogen-bond acceptors (Lipinski definition) is 3. The van der Waals surface area contributed by atoms with Gasteiger partial charge in [-0.1, -0.05) is 12.1 Å². The number of aliphatic imine (C=N–C) groups is 1. The summed E-state index contributed by atoms with van der Waals surface area (Å²) in [6.07, 6.45) is 1.81. The minimum Gasteiger partial charge on any atom is -0.304 e. The Hall–Kier alpha value is -1.35. The average Bonchev–Trinajstić information content (AvgIpc) is 2.06. The van der Waals surface area contributed by atoms with Gasteiger partial charge in [0.05, 0.1) is 17.9 Å². The van der Waals surface area contributed by atoms with E-state index in [4.69, 9.17) is 5.84 Å². The maximum atomic E-state index is 5.69. The van der Waals surface area contributed by atoms with E-state index in [1.54, 1.807) is 5.01 Å². The molecule has 1 heterocycles. The second-order valence-corrected chi connectivity index (χ2v) is 2.45. The molecular weight excluding hydrogens is 138 g/mol. The van der Waals surface area contributed by atoms with Crippen LogP contribution in [-0.2, 0) is 0 Å². The van der Waals surface area contributed by atoms with Crippen LogP contribution in [0.2, 0.25) is 0 Å². The molecule has 0 unspecified atom stereocenters. The summed E-state index contributed by atoms with van der Waals surface area (Å²) in [7, 11) is 0. The van der Waals surface area contributed by atoms with Crippen molar-refractivity contribution in [1.29, 1.82) is 0 Å². The monoisotopic (exact) mass is 147 g/mol. The summed E-state index contributed by atoms with van der Waals surface area (Å²) in [6.45, 7) is 0.691. The molecule has 1 aliphatic rings. The van der Waals surface area contributed by atoms with Crippen molar-refractivity contribution in [3.05, 3.63) is 24.3 Å². The van der Waals surface area contributed by atoms with Crippen molar-refractivity contribution in [2.75, 3.05) is 11.6 Å². The lowest BCUT2D eigenvalue weighted by Gasteiger charge is -2.21. The van der Waals surface area contributed by atoms with E-state index in [2.05, 4.69) is 4.99 Å². The van der Waals surface area contributed by atoms with Gasteiger partial charge < -0.3 is 5.01 Å². The zero-order chi connectivity index (χ0) is 7.68. The normalized spacial score (nSPS) is 14.8. The minimum atomic E-state index is 0.691. The molecule has 0 fully saturated rings. The van der Waals surface area contributed by atoms with Gasteiger partial charge in [0.1, 0.15) is 0 Å². The summed E-state index contributed by atoms with van der Waals surface area (Å²) >= 11 is 0. The summed E-state index contributed by atoms with van der Waals surface area (Å²) < 4.78 is 0. The number of nitrogens with two attached hydrogens (primary N) is 1. The highest BCUT2D eigenvalue weighted by atomic mass is 15.4. The smallest absolute Gasteiger partial charge is 0.0873 e. The summed E-state index contributed by atoms with van der Waals surface area (Å²) in [5.41, 5.74) is 1.94. The molecule has 2 N–H and O–H groups in total. The molecule has 56 valence electrons. The van der Waals surface area contributed by atoms with E-state index in [9.17, 15) is 0 Å². The number of fused-ring (bicyclic) bond motifs is 1. The lowest BCUT2D eigenvalue weighted by Crippen LogP contribution is -2.34. The number of rotatable bonds is 0. The molecule has 3 nitrogen and oxygen atoms in total. The third-order valence-corrected chi connectivity index (χ3v) is 1.70. The highest BCUT2D eigenvalue weighted by Crippen LogP contribution is 2.27. The minimum absolute atomic E-state index is 0.691. The van der Waals surface area contributed by atoms with E-state index in [-0.39, 0.29) is 0 Å². The molecule has 3 heteroatoms. The van der Waals surface area contributed by atoms with Crippen molar-refractivity contribution in [2.24, 2.45) is 10.8 Å². The largest absolute Gasteiger partial charge is 0.304 e.